The highest BCUT2D eigenvalue weighted by atomic mass is 16.5. The Morgan fingerprint density at radius 1 is 1.24 bits per heavy atom. The minimum absolute atomic E-state index is 0.218. The van der Waals surface area contributed by atoms with Crippen molar-refractivity contribution >= 4 is 0 Å². The molecular weight excluding hydrogens is 260 g/mol. The van der Waals surface area contributed by atoms with Crippen LogP contribution in [0.2, 0.25) is 0 Å². The summed E-state index contributed by atoms with van der Waals surface area (Å²) in [4.78, 5) is 0. The topological polar surface area (TPSA) is 45.0 Å². The van der Waals surface area contributed by atoms with Crippen molar-refractivity contribution in [3.63, 3.8) is 0 Å². The number of benzene rings is 1. The van der Waals surface area contributed by atoms with Crippen LogP contribution >= 0.6 is 0 Å². The van der Waals surface area contributed by atoms with Crippen molar-refractivity contribution in [3.8, 4) is 11.8 Å². The van der Waals surface area contributed by atoms with E-state index in [2.05, 4.69) is 37.4 Å². The van der Waals surface area contributed by atoms with Gasteiger partial charge in [0.1, 0.15) is 5.75 Å². The predicted molar refractivity (Wildman–Crippen MR) is 87.3 cm³/mol. The summed E-state index contributed by atoms with van der Waals surface area (Å²) in [6, 6.07) is 11.0. The molecule has 1 N–H and O–H groups in total. The molecule has 1 aromatic carbocycles. The number of hydrogen-bond acceptors (Lipinski definition) is 3. The average Bonchev–Trinajstić information content (AvgIpc) is 2.47. The molecule has 1 unspecified atom stereocenters. The van der Waals surface area contributed by atoms with Gasteiger partial charge in [-0.05, 0) is 64.3 Å². The molecule has 3 heteroatoms. The minimum Gasteiger partial charge on any atom is -0.494 e. The van der Waals surface area contributed by atoms with Gasteiger partial charge in [0.2, 0.25) is 0 Å². The molecule has 0 saturated heterocycles. The molecular formula is C18H28N2O. The molecule has 0 bridgehead atoms. The van der Waals surface area contributed by atoms with Gasteiger partial charge in [0.25, 0.3) is 0 Å². The maximum Gasteiger partial charge on any atom is 0.119 e. The van der Waals surface area contributed by atoms with Gasteiger partial charge in [0, 0.05) is 6.04 Å². The molecule has 0 spiro atoms. The molecule has 0 saturated carbocycles. The van der Waals surface area contributed by atoms with Crippen LogP contribution in [-0.2, 0) is 0 Å². The lowest BCUT2D eigenvalue weighted by Crippen LogP contribution is -2.17. The van der Waals surface area contributed by atoms with E-state index in [1.54, 1.807) is 0 Å². The Bertz CT molecular complexity index is 445. The smallest absolute Gasteiger partial charge is 0.119 e. The van der Waals surface area contributed by atoms with Crippen molar-refractivity contribution in [2.45, 2.75) is 53.0 Å². The van der Waals surface area contributed by atoms with Crippen LogP contribution in [0.5, 0.6) is 5.75 Å². The summed E-state index contributed by atoms with van der Waals surface area (Å²) in [7, 11) is 0. The molecule has 0 heterocycles. The van der Waals surface area contributed by atoms with Crippen molar-refractivity contribution in [2.75, 3.05) is 13.2 Å². The normalized spacial score (nSPS) is 12.7. The summed E-state index contributed by atoms with van der Waals surface area (Å²) >= 11 is 0. The van der Waals surface area contributed by atoms with Crippen molar-refractivity contribution < 1.29 is 4.74 Å². The molecule has 0 amide bonds. The van der Waals surface area contributed by atoms with E-state index in [1.165, 1.54) is 5.56 Å². The molecule has 3 nitrogen and oxygen atoms in total. The average molecular weight is 288 g/mol. The highest BCUT2D eigenvalue weighted by molar-refractivity contribution is 5.28. The van der Waals surface area contributed by atoms with Crippen molar-refractivity contribution in [1.29, 1.82) is 5.26 Å². The standard InChI is InChI=1S/C18H28N2O/c1-5-20-15(2)16-8-10-17(11-9-16)21-13-7-6-12-18(3,4)14-19/h8-11,15,20H,5-7,12-13H2,1-4H3. The number of ether oxygens (including phenoxy) is 1. The fraction of sp³-hybridized carbons (Fsp3) is 0.611. The SMILES string of the molecule is CCNC(C)c1ccc(OCCCCC(C)(C)C#N)cc1. The number of nitrogens with zero attached hydrogens (tertiary/aromatic N) is 1. The maximum absolute atomic E-state index is 8.95. The Kier molecular flexibility index (Phi) is 7.25. The molecule has 0 aliphatic heterocycles. The van der Waals surface area contributed by atoms with E-state index in [-0.39, 0.29) is 5.41 Å². The Hall–Kier alpha value is -1.53. The van der Waals surface area contributed by atoms with E-state index in [1.807, 2.05) is 26.0 Å². The number of rotatable bonds is 9. The van der Waals surface area contributed by atoms with E-state index in [4.69, 9.17) is 10.00 Å². The molecule has 0 fully saturated rings. The first-order chi connectivity index (χ1) is 9.98. The third-order valence-electron chi connectivity index (χ3n) is 3.66. The highest BCUT2D eigenvalue weighted by Crippen LogP contribution is 2.22. The van der Waals surface area contributed by atoms with Crippen LogP contribution in [0.25, 0.3) is 0 Å². The van der Waals surface area contributed by atoms with Crippen LogP contribution in [-0.4, -0.2) is 13.2 Å². The summed E-state index contributed by atoms with van der Waals surface area (Å²) in [6.07, 6.45) is 2.93. The second-order valence-electron chi connectivity index (χ2n) is 6.15. The third kappa shape index (κ3) is 6.64. The number of nitrogens with one attached hydrogen (secondary N) is 1. The van der Waals surface area contributed by atoms with Crippen LogP contribution in [0.1, 0.15) is 58.6 Å². The van der Waals surface area contributed by atoms with Crippen LogP contribution in [0, 0.1) is 16.7 Å². The maximum atomic E-state index is 8.95. The van der Waals surface area contributed by atoms with Crippen LogP contribution < -0.4 is 10.1 Å². The first kappa shape index (κ1) is 17.5. The molecule has 0 aromatic heterocycles. The lowest BCUT2D eigenvalue weighted by molar-refractivity contribution is 0.295. The summed E-state index contributed by atoms with van der Waals surface area (Å²) < 4.78 is 5.75. The lowest BCUT2D eigenvalue weighted by atomic mass is 9.89. The van der Waals surface area contributed by atoms with E-state index in [0.29, 0.717) is 12.6 Å². The summed E-state index contributed by atoms with van der Waals surface area (Å²) in [6.45, 7) is 9.93. The van der Waals surface area contributed by atoms with Crippen molar-refractivity contribution in [1.82, 2.24) is 5.32 Å². The second kappa shape index (κ2) is 8.69. The van der Waals surface area contributed by atoms with E-state index < -0.39 is 0 Å². The van der Waals surface area contributed by atoms with Crippen molar-refractivity contribution in [3.05, 3.63) is 29.8 Å². The Morgan fingerprint density at radius 2 is 1.90 bits per heavy atom. The molecule has 0 aliphatic carbocycles. The minimum atomic E-state index is -0.218. The van der Waals surface area contributed by atoms with Crippen LogP contribution in [0.15, 0.2) is 24.3 Å². The fourth-order valence-corrected chi connectivity index (χ4v) is 2.19. The van der Waals surface area contributed by atoms with Gasteiger partial charge in [-0.15, -0.1) is 0 Å². The Labute approximate surface area is 129 Å². The zero-order valence-electron chi connectivity index (χ0n) is 13.8. The predicted octanol–water partition coefficient (Wildman–Crippen LogP) is 4.46. The second-order valence-corrected chi connectivity index (χ2v) is 6.15. The third-order valence-corrected chi connectivity index (χ3v) is 3.66. The Morgan fingerprint density at radius 3 is 2.48 bits per heavy atom. The van der Waals surface area contributed by atoms with Gasteiger partial charge >= 0.3 is 0 Å². The zero-order chi connectivity index (χ0) is 15.7. The van der Waals surface area contributed by atoms with Gasteiger partial charge in [-0.25, -0.2) is 0 Å². The fourth-order valence-electron chi connectivity index (χ4n) is 2.19. The largest absolute Gasteiger partial charge is 0.494 e. The van der Waals surface area contributed by atoms with Gasteiger partial charge in [0.05, 0.1) is 18.1 Å². The molecule has 21 heavy (non-hydrogen) atoms. The lowest BCUT2D eigenvalue weighted by Gasteiger charge is -2.15. The van der Waals surface area contributed by atoms with Crippen molar-refractivity contribution in [2.24, 2.45) is 5.41 Å². The summed E-state index contributed by atoms with van der Waals surface area (Å²) in [5.74, 6) is 0.919. The van der Waals surface area contributed by atoms with Gasteiger partial charge in [-0.3, -0.25) is 0 Å². The number of hydrogen-bond donors (Lipinski definition) is 1. The Balaban J connectivity index is 2.29. The molecule has 116 valence electrons. The zero-order valence-corrected chi connectivity index (χ0v) is 13.8. The van der Waals surface area contributed by atoms with Gasteiger partial charge < -0.3 is 10.1 Å². The molecule has 1 aromatic rings. The molecule has 1 atom stereocenters. The number of nitriles is 1. The van der Waals surface area contributed by atoms with Gasteiger partial charge in [-0.1, -0.05) is 19.1 Å². The van der Waals surface area contributed by atoms with Gasteiger partial charge in [0.15, 0.2) is 0 Å². The van der Waals surface area contributed by atoms with Gasteiger partial charge in [-0.2, -0.15) is 5.26 Å². The van der Waals surface area contributed by atoms with Crippen LogP contribution in [0.4, 0.5) is 0 Å². The molecule has 0 aliphatic rings. The molecule has 0 radical (unpaired) electrons. The van der Waals surface area contributed by atoms with E-state index in [9.17, 15) is 0 Å². The van der Waals surface area contributed by atoms with Crippen LogP contribution in [0.3, 0.4) is 0 Å². The quantitative estimate of drug-likeness (QED) is 0.682. The first-order valence-corrected chi connectivity index (χ1v) is 7.86. The highest BCUT2D eigenvalue weighted by Gasteiger charge is 2.15. The summed E-state index contributed by atoms with van der Waals surface area (Å²) in [5.41, 5.74) is 1.06. The van der Waals surface area contributed by atoms with E-state index >= 15 is 0 Å². The number of unbranched alkanes of at least 4 members (excludes halogenated alkanes) is 1. The molecule has 1 rings (SSSR count). The summed E-state index contributed by atoms with van der Waals surface area (Å²) in [5, 5.41) is 12.3. The monoisotopic (exact) mass is 288 g/mol. The van der Waals surface area contributed by atoms with E-state index in [0.717, 1.165) is 31.6 Å². The first-order valence-electron chi connectivity index (χ1n) is 7.86.